The normalized spacial score (nSPS) is 13.8. The molecule has 32 heavy (non-hydrogen) atoms. The summed E-state index contributed by atoms with van der Waals surface area (Å²) in [6.07, 6.45) is -1.66. The first-order chi connectivity index (χ1) is 15.1. The third kappa shape index (κ3) is 5.01. The average Bonchev–Trinajstić information content (AvgIpc) is 3.00. The minimum atomic E-state index is -3.76. The summed E-state index contributed by atoms with van der Waals surface area (Å²) in [6, 6.07) is 3.85. The van der Waals surface area contributed by atoms with Crippen LogP contribution < -0.4 is 36.7 Å². The summed E-state index contributed by atoms with van der Waals surface area (Å²) in [5.74, 6) is -0.885. The summed E-state index contributed by atoms with van der Waals surface area (Å²) >= 11 is 0. The van der Waals surface area contributed by atoms with Crippen molar-refractivity contribution in [2.75, 3.05) is 29.0 Å². The Morgan fingerprint density at radius 2 is 1.94 bits per heavy atom. The molecule has 0 aliphatic carbocycles. The van der Waals surface area contributed by atoms with Crippen molar-refractivity contribution in [1.29, 1.82) is 0 Å². The minimum absolute atomic E-state index is 0.0150. The standard InChI is InChI=1S/C20H25F2N5O5/c1-3-5-9-27-17(23)16(18(29)25-19(27)30)26(8-4-2)11-15(28)24-12-6-7-13-14(10-12)32-20(21,22)31-13/h6-7,10H,3-5,8-9,11,23H2,1-2H3,(H,24,28)(H,25,29,30). The average molecular weight is 453 g/mol. The molecule has 0 atom stereocenters. The Hall–Kier alpha value is -3.57. The number of nitrogens with two attached hydrogens (primary N) is 1. The number of aromatic nitrogens is 2. The molecule has 2 aromatic rings. The molecule has 1 aromatic heterocycles. The van der Waals surface area contributed by atoms with Gasteiger partial charge in [0.05, 0.1) is 6.54 Å². The zero-order valence-corrected chi connectivity index (χ0v) is 17.7. The van der Waals surface area contributed by atoms with Crippen LogP contribution in [0.1, 0.15) is 33.1 Å². The number of alkyl halides is 2. The Labute approximate surface area is 181 Å². The molecule has 10 nitrogen and oxygen atoms in total. The fourth-order valence-corrected chi connectivity index (χ4v) is 3.36. The number of anilines is 3. The van der Waals surface area contributed by atoms with E-state index in [4.69, 9.17) is 5.73 Å². The van der Waals surface area contributed by atoms with Crippen molar-refractivity contribution in [2.24, 2.45) is 0 Å². The molecule has 12 heteroatoms. The van der Waals surface area contributed by atoms with Crippen molar-refractivity contribution in [3.63, 3.8) is 0 Å². The number of carbonyl (C=O) groups excluding carboxylic acids is 1. The lowest BCUT2D eigenvalue weighted by atomic mass is 10.2. The van der Waals surface area contributed by atoms with E-state index in [1.807, 2.05) is 13.8 Å². The van der Waals surface area contributed by atoms with Crippen LogP contribution in [0.25, 0.3) is 0 Å². The zero-order chi connectivity index (χ0) is 23.5. The van der Waals surface area contributed by atoms with Crippen LogP contribution in [0.3, 0.4) is 0 Å². The smallest absolute Gasteiger partial charge is 0.395 e. The highest BCUT2D eigenvalue weighted by molar-refractivity contribution is 5.94. The van der Waals surface area contributed by atoms with Gasteiger partial charge in [0.1, 0.15) is 11.5 Å². The summed E-state index contributed by atoms with van der Waals surface area (Å²) in [5.41, 5.74) is 5.08. The lowest BCUT2D eigenvalue weighted by molar-refractivity contribution is -0.286. The van der Waals surface area contributed by atoms with E-state index in [1.165, 1.54) is 27.7 Å². The van der Waals surface area contributed by atoms with E-state index in [2.05, 4.69) is 19.8 Å². The summed E-state index contributed by atoms with van der Waals surface area (Å²) in [5, 5.41) is 2.57. The molecule has 1 amide bonds. The van der Waals surface area contributed by atoms with Crippen LogP contribution in [0.15, 0.2) is 27.8 Å². The van der Waals surface area contributed by atoms with Gasteiger partial charge >= 0.3 is 12.0 Å². The molecule has 0 unspecified atom stereocenters. The number of nitrogen functional groups attached to an aromatic ring is 1. The maximum absolute atomic E-state index is 13.2. The van der Waals surface area contributed by atoms with Gasteiger partial charge in [0, 0.05) is 24.8 Å². The maximum Gasteiger partial charge on any atom is 0.586 e. The van der Waals surface area contributed by atoms with Crippen molar-refractivity contribution < 1.29 is 23.0 Å². The van der Waals surface area contributed by atoms with E-state index in [1.54, 1.807) is 0 Å². The van der Waals surface area contributed by atoms with E-state index < -0.39 is 23.5 Å². The third-order valence-corrected chi connectivity index (χ3v) is 4.78. The predicted octanol–water partition coefficient (Wildman–Crippen LogP) is 2.10. The van der Waals surface area contributed by atoms with E-state index in [0.717, 1.165) is 6.42 Å². The quantitative estimate of drug-likeness (QED) is 0.530. The molecule has 2 heterocycles. The number of hydrogen-bond acceptors (Lipinski definition) is 7. The molecule has 0 saturated heterocycles. The fourth-order valence-electron chi connectivity index (χ4n) is 3.36. The largest absolute Gasteiger partial charge is 0.586 e. The second-order valence-corrected chi connectivity index (χ2v) is 7.30. The lowest BCUT2D eigenvalue weighted by Crippen LogP contribution is -2.41. The van der Waals surface area contributed by atoms with Crippen molar-refractivity contribution in [2.45, 2.75) is 45.9 Å². The number of ether oxygens (including phenoxy) is 2. The van der Waals surface area contributed by atoms with Crippen LogP contribution in [0.2, 0.25) is 0 Å². The topological polar surface area (TPSA) is 132 Å². The van der Waals surface area contributed by atoms with Gasteiger partial charge in [-0.05, 0) is 25.0 Å². The molecule has 4 N–H and O–H groups in total. The molecule has 0 spiro atoms. The summed E-state index contributed by atoms with van der Waals surface area (Å²) in [7, 11) is 0. The molecule has 0 fully saturated rings. The van der Waals surface area contributed by atoms with Gasteiger partial charge in [-0.2, -0.15) is 0 Å². The van der Waals surface area contributed by atoms with Crippen LogP contribution in [-0.4, -0.2) is 34.8 Å². The first-order valence-electron chi connectivity index (χ1n) is 10.2. The predicted molar refractivity (Wildman–Crippen MR) is 114 cm³/mol. The Morgan fingerprint density at radius 1 is 1.22 bits per heavy atom. The molecular formula is C20H25F2N5O5. The Kier molecular flexibility index (Phi) is 6.70. The molecule has 0 bridgehead atoms. The summed E-state index contributed by atoms with van der Waals surface area (Å²) in [6.45, 7) is 4.22. The molecule has 0 radical (unpaired) electrons. The lowest BCUT2D eigenvalue weighted by Gasteiger charge is -2.25. The Balaban J connectivity index is 1.81. The van der Waals surface area contributed by atoms with Crippen molar-refractivity contribution in [3.05, 3.63) is 39.0 Å². The van der Waals surface area contributed by atoms with E-state index in [0.29, 0.717) is 25.9 Å². The molecular weight excluding hydrogens is 428 g/mol. The summed E-state index contributed by atoms with van der Waals surface area (Å²) in [4.78, 5) is 41.0. The van der Waals surface area contributed by atoms with Crippen LogP contribution >= 0.6 is 0 Å². The zero-order valence-electron chi connectivity index (χ0n) is 17.7. The van der Waals surface area contributed by atoms with Crippen molar-refractivity contribution in [3.8, 4) is 11.5 Å². The number of nitrogens with one attached hydrogen (secondary N) is 2. The first kappa shape index (κ1) is 23.1. The number of nitrogens with zero attached hydrogens (tertiary/aromatic N) is 2. The molecule has 0 saturated carbocycles. The number of aromatic amines is 1. The number of fused-ring (bicyclic) bond motifs is 1. The number of unbranched alkanes of at least 4 members (excludes halogenated alkanes) is 1. The Bertz CT molecular complexity index is 1110. The van der Waals surface area contributed by atoms with Crippen molar-refractivity contribution in [1.82, 2.24) is 9.55 Å². The summed E-state index contributed by atoms with van der Waals surface area (Å²) < 4.78 is 36.4. The number of halogens is 2. The van der Waals surface area contributed by atoms with Gasteiger partial charge in [0.2, 0.25) is 5.91 Å². The van der Waals surface area contributed by atoms with Gasteiger partial charge in [-0.25, -0.2) is 4.79 Å². The Morgan fingerprint density at radius 3 is 2.62 bits per heavy atom. The highest BCUT2D eigenvalue weighted by Gasteiger charge is 2.43. The molecule has 3 rings (SSSR count). The number of hydrogen-bond donors (Lipinski definition) is 3. The molecule has 1 aromatic carbocycles. The van der Waals surface area contributed by atoms with E-state index >= 15 is 0 Å². The minimum Gasteiger partial charge on any atom is -0.395 e. The monoisotopic (exact) mass is 453 g/mol. The van der Waals surface area contributed by atoms with Gasteiger partial charge in [-0.15, -0.1) is 8.78 Å². The molecule has 1 aliphatic heterocycles. The van der Waals surface area contributed by atoms with Crippen LogP contribution in [0, 0.1) is 0 Å². The molecule has 1 aliphatic rings. The maximum atomic E-state index is 13.2. The first-order valence-corrected chi connectivity index (χ1v) is 10.2. The number of benzene rings is 1. The number of rotatable bonds is 9. The molecule has 174 valence electrons. The number of carbonyl (C=O) groups is 1. The van der Waals surface area contributed by atoms with Gasteiger partial charge in [-0.3, -0.25) is 19.1 Å². The van der Waals surface area contributed by atoms with Crippen LogP contribution in [-0.2, 0) is 11.3 Å². The third-order valence-electron chi connectivity index (χ3n) is 4.78. The van der Waals surface area contributed by atoms with Crippen molar-refractivity contribution >= 4 is 23.1 Å². The highest BCUT2D eigenvalue weighted by atomic mass is 19.3. The van der Waals surface area contributed by atoms with E-state index in [9.17, 15) is 23.2 Å². The van der Waals surface area contributed by atoms with Gasteiger partial charge in [-0.1, -0.05) is 20.3 Å². The SMILES string of the molecule is CCCCn1c(N)c(N(CCC)CC(=O)Nc2ccc3c(c2)OC(F)(F)O3)c(=O)[nH]c1=O. The van der Waals surface area contributed by atoms with E-state index in [-0.39, 0.29) is 35.2 Å². The number of H-pyrrole nitrogens is 1. The van der Waals surface area contributed by atoms with Gasteiger partial charge in [0.15, 0.2) is 11.5 Å². The number of amides is 1. The van der Waals surface area contributed by atoms with Crippen LogP contribution in [0.4, 0.5) is 26.0 Å². The highest BCUT2D eigenvalue weighted by Crippen LogP contribution is 2.42. The van der Waals surface area contributed by atoms with Gasteiger partial charge < -0.3 is 25.4 Å². The fraction of sp³-hybridized carbons (Fsp3) is 0.450. The van der Waals surface area contributed by atoms with Gasteiger partial charge in [0.25, 0.3) is 5.56 Å². The second kappa shape index (κ2) is 9.28. The van der Waals surface area contributed by atoms with Crippen LogP contribution in [0.5, 0.6) is 11.5 Å². The second-order valence-electron chi connectivity index (χ2n) is 7.30.